The number of imidazole rings is 1. The lowest BCUT2D eigenvalue weighted by atomic mass is 10.4. The fourth-order valence-electron chi connectivity index (χ4n) is 1.18. The first-order valence-electron chi connectivity index (χ1n) is 4.53. The smallest absolute Gasteiger partial charge is 0.275 e. The van der Waals surface area contributed by atoms with Crippen molar-refractivity contribution in [3.8, 4) is 0 Å². The Morgan fingerprint density at radius 3 is 2.76 bits per heavy atom. The van der Waals surface area contributed by atoms with Gasteiger partial charge in [0.05, 0.1) is 18.7 Å². The number of aryl methyl sites for hydroxylation is 1. The second-order valence-corrected chi connectivity index (χ2v) is 4.74. The zero-order valence-electron chi connectivity index (χ0n) is 8.69. The Morgan fingerprint density at radius 1 is 1.41 bits per heavy atom. The molecule has 0 spiro atoms. The highest BCUT2D eigenvalue weighted by molar-refractivity contribution is 9.11. The van der Waals surface area contributed by atoms with E-state index in [1.807, 2.05) is 0 Å². The van der Waals surface area contributed by atoms with Crippen LogP contribution in [0.3, 0.4) is 0 Å². The summed E-state index contributed by atoms with van der Waals surface area (Å²) >= 11 is 6.40. The molecule has 2 rings (SSSR count). The quantitative estimate of drug-likeness (QED) is 0.888. The lowest BCUT2D eigenvalue weighted by Crippen LogP contribution is -2.16. The normalized spacial score (nSPS) is 10.3. The highest BCUT2D eigenvalue weighted by Crippen LogP contribution is 2.19. The molecular weight excluding hydrogens is 354 g/mol. The van der Waals surface area contributed by atoms with Crippen molar-refractivity contribution in [2.45, 2.75) is 0 Å². The minimum Gasteiger partial charge on any atom is -0.330 e. The lowest BCUT2D eigenvalue weighted by molar-refractivity contribution is 0.101. The maximum Gasteiger partial charge on any atom is 0.275 e. The van der Waals surface area contributed by atoms with E-state index in [9.17, 15) is 4.79 Å². The predicted molar refractivity (Wildman–Crippen MR) is 68.6 cm³/mol. The number of nitrogens with one attached hydrogen (secondary N) is 1. The van der Waals surface area contributed by atoms with Crippen LogP contribution in [-0.2, 0) is 7.05 Å². The van der Waals surface area contributed by atoms with Gasteiger partial charge in [-0.1, -0.05) is 0 Å². The third-order valence-electron chi connectivity index (χ3n) is 1.98. The molecule has 1 amide bonds. The summed E-state index contributed by atoms with van der Waals surface area (Å²) in [6.45, 7) is 0. The number of aromatic nitrogens is 4. The van der Waals surface area contributed by atoms with Gasteiger partial charge in [-0.05, 0) is 31.9 Å². The summed E-state index contributed by atoms with van der Waals surface area (Å²) in [4.78, 5) is 23.8. The van der Waals surface area contributed by atoms with Crippen molar-refractivity contribution < 1.29 is 4.79 Å². The summed E-state index contributed by atoms with van der Waals surface area (Å²) in [5.41, 5.74) is 0.446. The van der Waals surface area contributed by atoms with E-state index in [0.717, 1.165) is 0 Å². The van der Waals surface area contributed by atoms with Gasteiger partial charge >= 0.3 is 0 Å². The van der Waals surface area contributed by atoms with Crippen molar-refractivity contribution in [3.63, 3.8) is 0 Å². The van der Waals surface area contributed by atoms with Gasteiger partial charge in [-0.2, -0.15) is 0 Å². The number of nitrogens with zero attached hydrogens (tertiary/aromatic N) is 4. The molecule has 0 aliphatic rings. The number of hydrogen-bond acceptors (Lipinski definition) is 4. The summed E-state index contributed by atoms with van der Waals surface area (Å²) in [6, 6.07) is 0. The number of halogens is 2. The van der Waals surface area contributed by atoms with Crippen LogP contribution in [0.4, 0.5) is 5.82 Å². The molecule has 2 heterocycles. The van der Waals surface area contributed by atoms with Crippen molar-refractivity contribution in [1.29, 1.82) is 0 Å². The molecule has 88 valence electrons. The van der Waals surface area contributed by atoms with E-state index in [1.54, 1.807) is 17.9 Å². The monoisotopic (exact) mass is 359 g/mol. The molecule has 0 atom stereocenters. The largest absolute Gasteiger partial charge is 0.330 e. The van der Waals surface area contributed by atoms with Crippen LogP contribution in [-0.4, -0.2) is 25.4 Å². The van der Waals surface area contributed by atoms with Gasteiger partial charge in [0.1, 0.15) is 14.9 Å². The molecule has 0 saturated heterocycles. The third kappa shape index (κ3) is 2.70. The maximum atomic E-state index is 11.9. The predicted octanol–water partition coefficient (Wildman–Crippen LogP) is 1.99. The number of anilines is 1. The molecule has 2 aromatic heterocycles. The van der Waals surface area contributed by atoms with Gasteiger partial charge in [0.15, 0.2) is 5.82 Å². The zero-order valence-corrected chi connectivity index (χ0v) is 11.9. The van der Waals surface area contributed by atoms with E-state index in [1.165, 1.54) is 12.4 Å². The van der Waals surface area contributed by atoms with Crippen LogP contribution in [0.15, 0.2) is 27.9 Å². The standard InChI is InChI=1S/C9H7Br2N5O/c1-16-4-12-2-5(16)9(17)15-8-7(11)14-6(10)3-13-8/h2-4H,1H3,(H,13,15,17). The van der Waals surface area contributed by atoms with E-state index < -0.39 is 0 Å². The van der Waals surface area contributed by atoms with Gasteiger partial charge < -0.3 is 9.88 Å². The van der Waals surface area contributed by atoms with Crippen molar-refractivity contribution in [2.75, 3.05) is 5.32 Å². The van der Waals surface area contributed by atoms with Crippen LogP contribution in [0.2, 0.25) is 0 Å². The Hall–Kier alpha value is -1.28. The molecule has 0 unspecified atom stereocenters. The second kappa shape index (κ2) is 4.92. The first kappa shape index (κ1) is 12.2. The minimum absolute atomic E-state index is 0.290. The molecule has 8 heteroatoms. The molecule has 0 saturated carbocycles. The molecule has 0 radical (unpaired) electrons. The molecule has 6 nitrogen and oxygen atoms in total. The Kier molecular flexibility index (Phi) is 3.53. The van der Waals surface area contributed by atoms with Gasteiger partial charge in [0.2, 0.25) is 0 Å². The first-order valence-corrected chi connectivity index (χ1v) is 6.12. The highest BCUT2D eigenvalue weighted by atomic mass is 79.9. The second-order valence-electron chi connectivity index (χ2n) is 3.18. The fraction of sp³-hybridized carbons (Fsp3) is 0.111. The van der Waals surface area contributed by atoms with E-state index in [0.29, 0.717) is 20.7 Å². The van der Waals surface area contributed by atoms with Crippen molar-refractivity contribution >= 4 is 43.6 Å². The van der Waals surface area contributed by atoms with Gasteiger partial charge in [-0.25, -0.2) is 15.0 Å². The Labute approximate surface area is 114 Å². The zero-order chi connectivity index (χ0) is 12.4. The summed E-state index contributed by atoms with van der Waals surface area (Å²) in [5, 5.41) is 2.64. The van der Waals surface area contributed by atoms with Crippen LogP contribution in [0.25, 0.3) is 0 Å². The molecule has 2 aromatic rings. The fourth-order valence-corrected chi connectivity index (χ4v) is 2.09. The minimum atomic E-state index is -0.290. The molecule has 0 bridgehead atoms. The van der Waals surface area contributed by atoms with E-state index >= 15 is 0 Å². The van der Waals surface area contributed by atoms with Crippen LogP contribution in [0.5, 0.6) is 0 Å². The lowest BCUT2D eigenvalue weighted by Gasteiger charge is -2.05. The molecule has 1 N–H and O–H groups in total. The maximum absolute atomic E-state index is 11.9. The molecule has 0 aliphatic heterocycles. The Balaban J connectivity index is 2.22. The molecule has 17 heavy (non-hydrogen) atoms. The molecule has 0 fully saturated rings. The number of amides is 1. The number of rotatable bonds is 2. The van der Waals surface area contributed by atoms with Gasteiger partial charge in [0, 0.05) is 7.05 Å². The summed E-state index contributed by atoms with van der Waals surface area (Å²) in [5.74, 6) is 0.0710. The summed E-state index contributed by atoms with van der Waals surface area (Å²) < 4.78 is 2.67. The average molecular weight is 361 g/mol. The van der Waals surface area contributed by atoms with Gasteiger partial charge in [0.25, 0.3) is 5.91 Å². The van der Waals surface area contributed by atoms with Crippen LogP contribution in [0, 0.1) is 0 Å². The van der Waals surface area contributed by atoms with Crippen LogP contribution >= 0.6 is 31.9 Å². The van der Waals surface area contributed by atoms with E-state index in [-0.39, 0.29) is 5.91 Å². The average Bonchev–Trinajstić information content (AvgIpc) is 2.68. The Morgan fingerprint density at radius 2 is 2.18 bits per heavy atom. The molecule has 0 aromatic carbocycles. The molecular formula is C9H7Br2N5O. The van der Waals surface area contributed by atoms with Crippen LogP contribution in [0.1, 0.15) is 10.5 Å². The Bertz CT molecular complexity index is 568. The van der Waals surface area contributed by atoms with E-state index in [4.69, 9.17) is 0 Å². The number of carbonyl (C=O) groups is 1. The van der Waals surface area contributed by atoms with E-state index in [2.05, 4.69) is 52.1 Å². The third-order valence-corrected chi connectivity index (χ3v) is 2.92. The topological polar surface area (TPSA) is 72.7 Å². The first-order chi connectivity index (χ1) is 8.08. The number of hydrogen-bond donors (Lipinski definition) is 1. The van der Waals surface area contributed by atoms with Crippen molar-refractivity contribution in [2.24, 2.45) is 7.05 Å². The van der Waals surface area contributed by atoms with Gasteiger partial charge in [-0.3, -0.25) is 4.79 Å². The SMILES string of the molecule is Cn1cncc1C(=O)Nc1ncc(Br)nc1Br. The summed E-state index contributed by atoms with van der Waals surface area (Å²) in [6.07, 6.45) is 4.54. The number of carbonyl (C=O) groups excluding carboxylic acids is 1. The highest BCUT2D eigenvalue weighted by Gasteiger charge is 2.13. The summed E-state index contributed by atoms with van der Waals surface area (Å²) in [7, 11) is 1.74. The van der Waals surface area contributed by atoms with Crippen molar-refractivity contribution in [1.82, 2.24) is 19.5 Å². The molecule has 0 aliphatic carbocycles. The van der Waals surface area contributed by atoms with Gasteiger partial charge in [-0.15, -0.1) is 0 Å². The van der Waals surface area contributed by atoms with Crippen LogP contribution < -0.4 is 5.32 Å². The van der Waals surface area contributed by atoms with Crippen molar-refractivity contribution in [3.05, 3.63) is 33.6 Å².